The molecule has 6 nitrogen and oxygen atoms in total. The first kappa shape index (κ1) is 17.6. The van der Waals surface area contributed by atoms with Gasteiger partial charge in [-0.25, -0.2) is 4.79 Å². The summed E-state index contributed by atoms with van der Waals surface area (Å²) in [5, 5.41) is 0. The highest BCUT2D eigenvalue weighted by Crippen LogP contribution is 2.24. The molecule has 6 heteroatoms. The van der Waals surface area contributed by atoms with E-state index in [1.54, 1.807) is 0 Å². The standard InChI is InChI=1S/C19H26N2O4/c1-19(2,3)25-18(22)21-12-7-6-8-14(21)11-13-23-17-20-15-9-4-5-10-16(15)24-17/h4-5,9-10,14H,6-8,11-13H2,1-3H3/t14-/m0/s1. The smallest absolute Gasteiger partial charge is 0.410 e. The minimum Gasteiger partial charge on any atom is -0.450 e. The molecular weight excluding hydrogens is 320 g/mol. The number of para-hydroxylation sites is 2. The number of rotatable bonds is 4. The van der Waals surface area contributed by atoms with Gasteiger partial charge in [0.2, 0.25) is 0 Å². The van der Waals surface area contributed by atoms with Crippen LogP contribution in [0.4, 0.5) is 4.79 Å². The monoisotopic (exact) mass is 346 g/mol. The third-order valence-corrected chi connectivity index (χ3v) is 4.21. The van der Waals surface area contributed by atoms with Gasteiger partial charge in [0.05, 0.1) is 6.61 Å². The third-order valence-electron chi connectivity index (χ3n) is 4.21. The van der Waals surface area contributed by atoms with Gasteiger partial charge in [-0.15, -0.1) is 0 Å². The molecule has 1 saturated heterocycles. The molecule has 0 N–H and O–H groups in total. The molecule has 2 heterocycles. The van der Waals surface area contributed by atoms with Crippen molar-refractivity contribution in [2.45, 2.75) is 58.1 Å². The van der Waals surface area contributed by atoms with E-state index in [2.05, 4.69) is 4.98 Å². The molecule has 3 rings (SSSR count). The highest BCUT2D eigenvalue weighted by molar-refractivity contribution is 5.72. The Balaban J connectivity index is 1.55. The molecule has 0 bridgehead atoms. The lowest BCUT2D eigenvalue weighted by molar-refractivity contribution is 0.00708. The van der Waals surface area contributed by atoms with Crippen molar-refractivity contribution in [2.75, 3.05) is 13.2 Å². The zero-order valence-electron chi connectivity index (χ0n) is 15.2. The van der Waals surface area contributed by atoms with Gasteiger partial charge in [0.1, 0.15) is 11.1 Å². The SMILES string of the molecule is CC(C)(C)OC(=O)N1CCCC[C@H]1CCOc1nc2ccccc2o1. The largest absolute Gasteiger partial charge is 0.450 e. The average molecular weight is 346 g/mol. The summed E-state index contributed by atoms with van der Waals surface area (Å²) < 4.78 is 16.8. The highest BCUT2D eigenvalue weighted by Gasteiger charge is 2.30. The number of hydrogen-bond donors (Lipinski definition) is 0. The summed E-state index contributed by atoms with van der Waals surface area (Å²) >= 11 is 0. The second-order valence-electron chi connectivity index (χ2n) is 7.41. The fraction of sp³-hybridized carbons (Fsp3) is 0.579. The second kappa shape index (κ2) is 7.33. The lowest BCUT2D eigenvalue weighted by atomic mass is 10.0. The zero-order chi connectivity index (χ0) is 17.9. The van der Waals surface area contributed by atoms with Gasteiger partial charge in [-0.1, -0.05) is 12.1 Å². The summed E-state index contributed by atoms with van der Waals surface area (Å²) in [6, 6.07) is 7.69. The van der Waals surface area contributed by atoms with Crippen LogP contribution in [-0.4, -0.2) is 40.8 Å². The molecule has 1 amide bonds. The van der Waals surface area contributed by atoms with Gasteiger partial charge in [-0.05, 0) is 52.2 Å². The van der Waals surface area contributed by atoms with Crippen molar-refractivity contribution in [3.8, 4) is 6.08 Å². The van der Waals surface area contributed by atoms with E-state index >= 15 is 0 Å². The summed E-state index contributed by atoms with van der Waals surface area (Å²) in [6.45, 7) is 6.86. The molecule has 1 atom stereocenters. The molecule has 0 aliphatic carbocycles. The minimum absolute atomic E-state index is 0.132. The van der Waals surface area contributed by atoms with Crippen molar-refractivity contribution in [3.63, 3.8) is 0 Å². The second-order valence-corrected chi connectivity index (χ2v) is 7.41. The van der Waals surface area contributed by atoms with Gasteiger partial charge in [-0.2, -0.15) is 4.98 Å². The van der Waals surface area contributed by atoms with Crippen molar-refractivity contribution in [3.05, 3.63) is 24.3 Å². The molecule has 0 unspecified atom stereocenters. The van der Waals surface area contributed by atoms with E-state index in [1.165, 1.54) is 0 Å². The fourth-order valence-electron chi connectivity index (χ4n) is 3.06. The number of aromatic nitrogens is 1. The lowest BCUT2D eigenvalue weighted by Crippen LogP contribution is -2.46. The first-order chi connectivity index (χ1) is 11.9. The Hall–Kier alpha value is -2.24. The molecule has 1 aromatic carbocycles. The van der Waals surface area contributed by atoms with Gasteiger partial charge in [0.15, 0.2) is 5.58 Å². The highest BCUT2D eigenvalue weighted by atomic mass is 16.6. The number of nitrogens with zero attached hydrogens (tertiary/aromatic N) is 2. The normalized spacial score (nSPS) is 18.4. The van der Waals surface area contributed by atoms with Crippen LogP contribution < -0.4 is 4.74 Å². The van der Waals surface area contributed by atoms with Crippen LogP contribution in [-0.2, 0) is 4.74 Å². The molecule has 1 aromatic heterocycles. The van der Waals surface area contributed by atoms with Crippen LogP contribution in [0.25, 0.3) is 11.1 Å². The Morgan fingerprint density at radius 3 is 2.88 bits per heavy atom. The van der Waals surface area contributed by atoms with Gasteiger partial charge < -0.3 is 18.8 Å². The number of benzene rings is 1. The predicted molar refractivity (Wildman–Crippen MR) is 94.7 cm³/mol. The first-order valence-electron chi connectivity index (χ1n) is 8.90. The van der Waals surface area contributed by atoms with Crippen molar-refractivity contribution >= 4 is 17.2 Å². The molecule has 1 aliphatic rings. The van der Waals surface area contributed by atoms with Crippen LogP contribution in [0.15, 0.2) is 28.7 Å². The van der Waals surface area contributed by atoms with E-state index in [0.717, 1.165) is 37.7 Å². The average Bonchev–Trinajstić information content (AvgIpc) is 2.96. The summed E-state index contributed by atoms with van der Waals surface area (Å²) in [4.78, 5) is 18.5. The number of fused-ring (bicyclic) bond motifs is 1. The van der Waals surface area contributed by atoms with Crippen LogP contribution >= 0.6 is 0 Å². The van der Waals surface area contributed by atoms with E-state index in [0.29, 0.717) is 12.2 Å². The maximum Gasteiger partial charge on any atom is 0.410 e. The number of oxazole rings is 1. The summed E-state index contributed by atoms with van der Waals surface area (Å²) in [5.41, 5.74) is 1.02. The quantitative estimate of drug-likeness (QED) is 0.821. The molecule has 0 radical (unpaired) electrons. The summed E-state index contributed by atoms with van der Waals surface area (Å²) in [5.74, 6) is 0. The van der Waals surface area contributed by atoms with Crippen LogP contribution in [0.2, 0.25) is 0 Å². The van der Waals surface area contributed by atoms with E-state index < -0.39 is 5.60 Å². The molecular formula is C19H26N2O4. The van der Waals surface area contributed by atoms with Gasteiger partial charge in [0.25, 0.3) is 0 Å². The van der Waals surface area contributed by atoms with E-state index in [4.69, 9.17) is 13.9 Å². The molecule has 2 aromatic rings. The van der Waals surface area contributed by atoms with Gasteiger partial charge in [0, 0.05) is 19.0 Å². The maximum absolute atomic E-state index is 12.4. The molecule has 1 fully saturated rings. The summed E-state index contributed by atoms with van der Waals surface area (Å²) in [7, 11) is 0. The lowest BCUT2D eigenvalue weighted by Gasteiger charge is -2.36. The number of carbonyl (C=O) groups is 1. The number of ether oxygens (including phenoxy) is 2. The summed E-state index contributed by atoms with van der Waals surface area (Å²) in [6.07, 6.45) is 3.88. The van der Waals surface area contributed by atoms with Crippen LogP contribution in [0.3, 0.4) is 0 Å². The Kier molecular flexibility index (Phi) is 5.16. The van der Waals surface area contributed by atoms with Crippen molar-refractivity contribution in [1.29, 1.82) is 0 Å². The van der Waals surface area contributed by atoms with Gasteiger partial charge in [-0.3, -0.25) is 0 Å². The van der Waals surface area contributed by atoms with E-state index in [1.807, 2.05) is 49.9 Å². The number of likely N-dealkylation sites (tertiary alicyclic amines) is 1. The minimum atomic E-state index is -0.478. The van der Waals surface area contributed by atoms with Crippen LogP contribution in [0, 0.1) is 0 Å². The van der Waals surface area contributed by atoms with Crippen molar-refractivity contribution in [1.82, 2.24) is 9.88 Å². The van der Waals surface area contributed by atoms with Crippen LogP contribution in [0.5, 0.6) is 6.08 Å². The fourth-order valence-corrected chi connectivity index (χ4v) is 3.06. The van der Waals surface area contributed by atoms with Crippen molar-refractivity contribution < 1.29 is 18.7 Å². The maximum atomic E-state index is 12.4. The molecule has 0 spiro atoms. The Morgan fingerprint density at radius 1 is 1.32 bits per heavy atom. The van der Waals surface area contributed by atoms with E-state index in [-0.39, 0.29) is 18.2 Å². The number of hydrogen-bond acceptors (Lipinski definition) is 5. The Labute approximate surface area is 148 Å². The van der Waals surface area contributed by atoms with Crippen molar-refractivity contribution in [2.24, 2.45) is 0 Å². The number of carbonyl (C=O) groups excluding carboxylic acids is 1. The van der Waals surface area contributed by atoms with Gasteiger partial charge >= 0.3 is 12.2 Å². The van der Waals surface area contributed by atoms with Crippen LogP contribution in [0.1, 0.15) is 46.5 Å². The number of amides is 1. The predicted octanol–water partition coefficient (Wildman–Crippen LogP) is 4.39. The molecule has 0 saturated carbocycles. The first-order valence-corrected chi connectivity index (χ1v) is 8.90. The van der Waals surface area contributed by atoms with E-state index in [9.17, 15) is 4.79 Å². The zero-order valence-corrected chi connectivity index (χ0v) is 15.2. The molecule has 25 heavy (non-hydrogen) atoms. The number of piperidine rings is 1. The topological polar surface area (TPSA) is 64.8 Å². The molecule has 1 aliphatic heterocycles. The molecule has 136 valence electrons. The third kappa shape index (κ3) is 4.65. The Bertz CT molecular complexity index is 687. The Morgan fingerprint density at radius 2 is 2.12 bits per heavy atom.